The highest BCUT2D eigenvalue weighted by Gasteiger charge is 2.21. The Balaban J connectivity index is 2.30. The lowest BCUT2D eigenvalue weighted by Crippen LogP contribution is -2.39. The van der Waals surface area contributed by atoms with Gasteiger partial charge in [0, 0.05) is 19.6 Å². The SMILES string of the molecule is CCNC(=O)c1nc(C)cnc1N1CCOCC1. The molecule has 0 saturated carbocycles. The van der Waals surface area contributed by atoms with Crippen molar-refractivity contribution in [2.45, 2.75) is 13.8 Å². The van der Waals surface area contributed by atoms with E-state index < -0.39 is 0 Å². The number of anilines is 1. The minimum absolute atomic E-state index is 0.171. The van der Waals surface area contributed by atoms with Gasteiger partial charge in [0.15, 0.2) is 11.5 Å². The number of rotatable bonds is 3. The zero-order valence-electron chi connectivity index (χ0n) is 10.8. The molecule has 1 aromatic heterocycles. The van der Waals surface area contributed by atoms with Crippen molar-refractivity contribution in [2.75, 3.05) is 37.7 Å². The summed E-state index contributed by atoms with van der Waals surface area (Å²) in [6.07, 6.45) is 1.69. The third kappa shape index (κ3) is 2.76. The van der Waals surface area contributed by atoms with Crippen LogP contribution in [0.15, 0.2) is 6.20 Å². The van der Waals surface area contributed by atoms with E-state index in [1.165, 1.54) is 0 Å². The Morgan fingerprint density at radius 2 is 2.22 bits per heavy atom. The molecule has 1 amide bonds. The molecular formula is C12H18N4O2. The first-order valence-electron chi connectivity index (χ1n) is 6.17. The summed E-state index contributed by atoms with van der Waals surface area (Å²) in [7, 11) is 0. The Morgan fingerprint density at radius 3 is 2.89 bits per heavy atom. The lowest BCUT2D eigenvalue weighted by Gasteiger charge is -2.28. The number of carbonyl (C=O) groups is 1. The first-order valence-corrected chi connectivity index (χ1v) is 6.17. The predicted molar refractivity (Wildman–Crippen MR) is 67.8 cm³/mol. The molecule has 0 spiro atoms. The van der Waals surface area contributed by atoms with Crippen LogP contribution >= 0.6 is 0 Å². The van der Waals surface area contributed by atoms with E-state index in [0.29, 0.717) is 31.3 Å². The third-order valence-corrected chi connectivity index (χ3v) is 2.74. The molecule has 0 radical (unpaired) electrons. The van der Waals surface area contributed by atoms with Crippen molar-refractivity contribution in [2.24, 2.45) is 0 Å². The van der Waals surface area contributed by atoms with Crippen molar-refractivity contribution in [1.82, 2.24) is 15.3 Å². The molecule has 0 aliphatic carbocycles. The highest BCUT2D eigenvalue weighted by molar-refractivity contribution is 5.96. The smallest absolute Gasteiger partial charge is 0.273 e. The highest BCUT2D eigenvalue weighted by Crippen LogP contribution is 2.17. The molecule has 0 aromatic carbocycles. The number of nitrogens with zero attached hydrogens (tertiary/aromatic N) is 3. The first kappa shape index (κ1) is 12.8. The van der Waals surface area contributed by atoms with Crippen molar-refractivity contribution < 1.29 is 9.53 Å². The molecule has 18 heavy (non-hydrogen) atoms. The molecule has 1 N–H and O–H groups in total. The number of amides is 1. The van der Waals surface area contributed by atoms with E-state index >= 15 is 0 Å². The van der Waals surface area contributed by atoms with Crippen molar-refractivity contribution in [3.05, 3.63) is 17.6 Å². The predicted octanol–water partition coefficient (Wildman–Crippen LogP) is 0.371. The second kappa shape index (κ2) is 5.77. The van der Waals surface area contributed by atoms with Crippen LogP contribution in [0.25, 0.3) is 0 Å². The zero-order chi connectivity index (χ0) is 13.0. The standard InChI is InChI=1S/C12H18N4O2/c1-3-13-12(17)10-11(14-8-9(2)15-10)16-4-6-18-7-5-16/h8H,3-7H2,1-2H3,(H,13,17). The van der Waals surface area contributed by atoms with Gasteiger partial charge in [0.25, 0.3) is 5.91 Å². The molecule has 6 heteroatoms. The molecule has 1 saturated heterocycles. The van der Waals surface area contributed by atoms with Gasteiger partial charge in [-0.3, -0.25) is 4.79 Å². The van der Waals surface area contributed by atoms with Crippen LogP contribution in [-0.2, 0) is 4.74 Å². The molecule has 0 bridgehead atoms. The number of aromatic nitrogens is 2. The van der Waals surface area contributed by atoms with Gasteiger partial charge in [0.05, 0.1) is 25.1 Å². The van der Waals surface area contributed by atoms with Crippen molar-refractivity contribution in [3.8, 4) is 0 Å². The average molecular weight is 250 g/mol. The molecule has 2 rings (SSSR count). The van der Waals surface area contributed by atoms with Gasteiger partial charge in [-0.05, 0) is 13.8 Å². The quantitative estimate of drug-likeness (QED) is 0.839. The van der Waals surface area contributed by atoms with E-state index in [9.17, 15) is 4.79 Å². The van der Waals surface area contributed by atoms with E-state index in [0.717, 1.165) is 18.8 Å². The maximum Gasteiger partial charge on any atom is 0.273 e. The number of nitrogens with one attached hydrogen (secondary N) is 1. The van der Waals surface area contributed by atoms with Gasteiger partial charge >= 0.3 is 0 Å². The van der Waals surface area contributed by atoms with Gasteiger partial charge < -0.3 is 15.0 Å². The fourth-order valence-electron chi connectivity index (χ4n) is 1.87. The number of carbonyl (C=O) groups excluding carboxylic acids is 1. The molecule has 0 unspecified atom stereocenters. The van der Waals surface area contributed by atoms with E-state index in [1.54, 1.807) is 6.20 Å². The maximum atomic E-state index is 12.0. The second-order valence-electron chi connectivity index (χ2n) is 4.14. The number of ether oxygens (including phenoxy) is 1. The molecule has 1 aromatic rings. The van der Waals surface area contributed by atoms with Gasteiger partial charge in [0.2, 0.25) is 0 Å². The minimum atomic E-state index is -0.171. The highest BCUT2D eigenvalue weighted by atomic mass is 16.5. The summed E-state index contributed by atoms with van der Waals surface area (Å²) in [5.41, 5.74) is 1.15. The topological polar surface area (TPSA) is 67.4 Å². The largest absolute Gasteiger partial charge is 0.378 e. The van der Waals surface area contributed by atoms with Crippen LogP contribution in [-0.4, -0.2) is 48.7 Å². The fourth-order valence-corrected chi connectivity index (χ4v) is 1.87. The zero-order valence-corrected chi connectivity index (χ0v) is 10.8. The summed E-state index contributed by atoms with van der Waals surface area (Å²) in [4.78, 5) is 22.7. The lowest BCUT2D eigenvalue weighted by molar-refractivity contribution is 0.0948. The monoisotopic (exact) mass is 250 g/mol. The molecule has 6 nitrogen and oxygen atoms in total. The van der Waals surface area contributed by atoms with Gasteiger partial charge in [-0.15, -0.1) is 0 Å². The van der Waals surface area contributed by atoms with Crippen molar-refractivity contribution in [3.63, 3.8) is 0 Å². The number of aryl methyl sites for hydroxylation is 1. The lowest BCUT2D eigenvalue weighted by atomic mass is 10.3. The summed E-state index contributed by atoms with van der Waals surface area (Å²) in [5, 5.41) is 2.77. The van der Waals surface area contributed by atoms with Gasteiger partial charge in [-0.25, -0.2) is 9.97 Å². The average Bonchev–Trinajstić information content (AvgIpc) is 2.40. The van der Waals surface area contributed by atoms with Crippen LogP contribution in [0.1, 0.15) is 23.1 Å². The van der Waals surface area contributed by atoms with Crippen LogP contribution in [0.4, 0.5) is 5.82 Å². The number of hydrogen-bond donors (Lipinski definition) is 1. The van der Waals surface area contributed by atoms with E-state index in [1.807, 2.05) is 18.7 Å². The summed E-state index contributed by atoms with van der Waals surface area (Å²) in [6.45, 7) is 7.09. The third-order valence-electron chi connectivity index (χ3n) is 2.74. The summed E-state index contributed by atoms with van der Waals surface area (Å²) in [5.74, 6) is 0.477. The van der Waals surface area contributed by atoms with E-state index in [-0.39, 0.29) is 5.91 Å². The number of hydrogen-bond acceptors (Lipinski definition) is 5. The Hall–Kier alpha value is -1.69. The van der Waals surface area contributed by atoms with Gasteiger partial charge in [0.1, 0.15) is 0 Å². The van der Waals surface area contributed by atoms with Crippen LogP contribution in [0.5, 0.6) is 0 Å². The minimum Gasteiger partial charge on any atom is -0.378 e. The van der Waals surface area contributed by atoms with Crippen LogP contribution in [0.2, 0.25) is 0 Å². The summed E-state index contributed by atoms with van der Waals surface area (Å²) in [6, 6.07) is 0. The fraction of sp³-hybridized carbons (Fsp3) is 0.583. The Kier molecular flexibility index (Phi) is 4.09. The first-order chi connectivity index (χ1) is 8.72. The van der Waals surface area contributed by atoms with Crippen molar-refractivity contribution in [1.29, 1.82) is 0 Å². The Labute approximate surface area is 106 Å². The molecular weight excluding hydrogens is 232 g/mol. The Morgan fingerprint density at radius 1 is 1.50 bits per heavy atom. The van der Waals surface area contributed by atoms with Crippen LogP contribution < -0.4 is 10.2 Å². The molecule has 98 valence electrons. The molecule has 1 aliphatic rings. The molecule has 1 aliphatic heterocycles. The molecule has 1 fully saturated rings. The molecule has 2 heterocycles. The summed E-state index contributed by atoms with van der Waals surface area (Å²) >= 11 is 0. The molecule has 0 atom stereocenters. The van der Waals surface area contributed by atoms with E-state index in [2.05, 4.69) is 15.3 Å². The second-order valence-corrected chi connectivity index (χ2v) is 4.14. The van der Waals surface area contributed by atoms with Crippen LogP contribution in [0.3, 0.4) is 0 Å². The number of morpholine rings is 1. The van der Waals surface area contributed by atoms with Crippen molar-refractivity contribution >= 4 is 11.7 Å². The Bertz CT molecular complexity index is 430. The summed E-state index contributed by atoms with van der Waals surface area (Å²) < 4.78 is 5.30. The van der Waals surface area contributed by atoms with Gasteiger partial charge in [-0.1, -0.05) is 0 Å². The normalized spacial score (nSPS) is 15.6. The maximum absolute atomic E-state index is 12.0. The van der Waals surface area contributed by atoms with Gasteiger partial charge in [-0.2, -0.15) is 0 Å². The van der Waals surface area contributed by atoms with E-state index in [4.69, 9.17) is 4.74 Å². The van der Waals surface area contributed by atoms with Crippen LogP contribution in [0, 0.1) is 6.92 Å².